The smallest absolute Gasteiger partial charge is 0.292 e. The summed E-state index contributed by atoms with van der Waals surface area (Å²) in [7, 11) is 0. The highest BCUT2D eigenvalue weighted by molar-refractivity contribution is 5.19. The molecule has 0 bridgehead atoms. The molecule has 0 fully saturated rings. The minimum atomic E-state index is -9.97. The number of halogens is 26. The van der Waals surface area contributed by atoms with Crippen LogP contribution in [-0.4, -0.2) is 72.0 Å². The van der Waals surface area contributed by atoms with Crippen LogP contribution in [0.25, 0.3) is 0 Å². The zero-order valence-corrected chi connectivity index (χ0v) is 16.2. The third kappa shape index (κ3) is 4.75. The lowest BCUT2D eigenvalue weighted by molar-refractivity contribution is -0.551. The SMILES string of the molecule is FC(F)(F)C(F)(F)C(F)(OC(F)(C(F)(F)C(F)(F)F)C(F)(C(F)(F)F)C(F)(F)F)C(F)(C(F)(F)F)C(F)(F)F. The molecule has 2 atom stereocenters. The molecule has 0 aromatic heterocycles. The molecular weight excluding hydrogens is 654 g/mol. The Balaban J connectivity index is 8.68. The zero-order valence-electron chi connectivity index (χ0n) is 16.2. The lowest BCUT2D eigenvalue weighted by atomic mass is 9.84. The highest BCUT2D eigenvalue weighted by Crippen LogP contribution is 2.68. The second-order valence-corrected chi connectivity index (χ2v) is 6.74. The fraction of sp³-hybridized carbons (Fsp3) is 1.00. The topological polar surface area (TPSA) is 9.23 Å². The van der Waals surface area contributed by atoms with Crippen molar-refractivity contribution in [1.82, 2.24) is 0 Å². The van der Waals surface area contributed by atoms with E-state index in [9.17, 15) is 114 Å². The van der Waals surface area contributed by atoms with Gasteiger partial charge in [-0.3, -0.25) is 4.74 Å². The second kappa shape index (κ2) is 8.82. The largest absolute Gasteiger partial charge is 0.459 e. The Bertz CT molecular complexity index is 776. The highest BCUT2D eigenvalue weighted by atomic mass is 19.5. The molecule has 1 nitrogen and oxygen atoms in total. The van der Waals surface area contributed by atoms with E-state index in [4.69, 9.17) is 0 Å². The van der Waals surface area contributed by atoms with E-state index in [1.807, 2.05) is 0 Å². The number of hydrogen-bond acceptors (Lipinski definition) is 1. The molecule has 2 unspecified atom stereocenters. The summed E-state index contributed by atoms with van der Waals surface area (Å²) in [6.45, 7) is 0. The molecule has 27 heteroatoms. The molecule has 0 aliphatic rings. The molecule has 0 aliphatic carbocycles. The third-order valence-electron chi connectivity index (χ3n) is 4.25. The van der Waals surface area contributed by atoms with Gasteiger partial charge in [-0.05, 0) is 0 Å². The molecule has 0 heterocycles. The minimum absolute atomic E-state index is 0.541. The maximum absolute atomic E-state index is 14.5. The molecule has 0 amide bonds. The summed E-state index contributed by atoms with van der Waals surface area (Å²) >= 11 is 0. The number of rotatable bonds is 6. The van der Waals surface area contributed by atoms with Crippen molar-refractivity contribution >= 4 is 0 Å². The van der Waals surface area contributed by atoms with Crippen molar-refractivity contribution in [3.63, 3.8) is 0 Å². The quantitative estimate of drug-likeness (QED) is 0.262. The third-order valence-corrected chi connectivity index (χ3v) is 4.25. The van der Waals surface area contributed by atoms with Crippen LogP contribution in [-0.2, 0) is 4.74 Å². The number of hydrogen-bond donors (Lipinski definition) is 0. The Labute approximate surface area is 192 Å². The summed E-state index contributed by atoms with van der Waals surface area (Å²) in [5.74, 6) is -38.9. The van der Waals surface area contributed by atoms with Gasteiger partial charge in [-0.2, -0.15) is 96.6 Å². The first kappa shape index (κ1) is 37.1. The molecule has 0 rings (SSSR count). The lowest BCUT2D eigenvalue weighted by Gasteiger charge is -2.50. The Morgan fingerprint density at radius 3 is 0.487 bits per heavy atom. The van der Waals surface area contributed by atoms with Gasteiger partial charge in [-0.25, -0.2) is 17.6 Å². The fourth-order valence-electron chi connectivity index (χ4n) is 2.31. The predicted octanol–water partition coefficient (Wildman–Crippen LogP) is 8.40. The van der Waals surface area contributed by atoms with E-state index in [0.29, 0.717) is 4.74 Å². The van der Waals surface area contributed by atoms with Crippen molar-refractivity contribution in [2.24, 2.45) is 0 Å². The molecule has 0 saturated carbocycles. The van der Waals surface area contributed by atoms with Gasteiger partial charge in [-0.15, -0.1) is 0 Å². The van der Waals surface area contributed by atoms with Crippen LogP contribution in [0, 0.1) is 0 Å². The average molecular weight is 654 g/mol. The lowest BCUT2D eigenvalue weighted by Crippen LogP contribution is -2.82. The van der Waals surface area contributed by atoms with Gasteiger partial charge in [0.15, 0.2) is 0 Å². The molecule has 0 saturated heterocycles. The van der Waals surface area contributed by atoms with Crippen molar-refractivity contribution in [2.45, 2.75) is 72.0 Å². The molecule has 236 valence electrons. The van der Waals surface area contributed by atoms with E-state index < -0.39 is 72.0 Å². The maximum atomic E-state index is 14.5. The van der Waals surface area contributed by atoms with E-state index in [2.05, 4.69) is 0 Å². The van der Waals surface area contributed by atoms with Crippen LogP contribution in [0.1, 0.15) is 0 Å². The van der Waals surface area contributed by atoms with Crippen LogP contribution in [0.2, 0.25) is 0 Å². The van der Waals surface area contributed by atoms with Crippen LogP contribution in [0.4, 0.5) is 114 Å². The molecule has 39 heavy (non-hydrogen) atoms. The summed E-state index contributed by atoms with van der Waals surface area (Å²) < 4.78 is 339. The summed E-state index contributed by atoms with van der Waals surface area (Å²) in [4.78, 5) is 0. The van der Waals surface area contributed by atoms with Crippen molar-refractivity contribution in [3.05, 3.63) is 0 Å². The Morgan fingerprint density at radius 2 is 0.385 bits per heavy atom. The van der Waals surface area contributed by atoms with Crippen molar-refractivity contribution in [1.29, 1.82) is 0 Å². The van der Waals surface area contributed by atoms with Crippen molar-refractivity contribution in [2.75, 3.05) is 0 Å². The van der Waals surface area contributed by atoms with E-state index >= 15 is 0 Å². The van der Waals surface area contributed by atoms with E-state index in [0.717, 1.165) is 0 Å². The predicted molar refractivity (Wildman–Crippen MR) is 62.7 cm³/mol. The Kier molecular flexibility index (Phi) is 8.40. The molecule has 0 aromatic rings. The Hall–Kier alpha value is -1.86. The van der Waals surface area contributed by atoms with Gasteiger partial charge in [0.2, 0.25) is 0 Å². The summed E-state index contributed by atoms with van der Waals surface area (Å²) in [6.07, 6.45) is -53.8. The Morgan fingerprint density at radius 1 is 0.231 bits per heavy atom. The van der Waals surface area contributed by atoms with Crippen LogP contribution in [0.5, 0.6) is 0 Å². The van der Waals surface area contributed by atoms with Gasteiger partial charge in [0.05, 0.1) is 0 Å². The van der Waals surface area contributed by atoms with Gasteiger partial charge < -0.3 is 0 Å². The van der Waals surface area contributed by atoms with Crippen LogP contribution in [0.3, 0.4) is 0 Å². The monoisotopic (exact) mass is 654 g/mol. The zero-order chi connectivity index (χ0) is 32.7. The standard InChI is InChI=1S/C12F26O/c13-1(7(21,22)23,8(24,25)26)5(19,3(15,16)11(33,34)35)39-6(20,4(17,18)12(36,37)38)2(14,9(27,28)29)10(30,31)32. The van der Waals surface area contributed by atoms with Gasteiger partial charge in [0.25, 0.3) is 0 Å². The molecule has 0 spiro atoms. The second-order valence-electron chi connectivity index (χ2n) is 6.74. The maximum Gasteiger partial charge on any atom is 0.459 e. The van der Waals surface area contributed by atoms with Crippen molar-refractivity contribution in [3.8, 4) is 0 Å². The van der Waals surface area contributed by atoms with Gasteiger partial charge >= 0.3 is 72.0 Å². The molecule has 0 radical (unpaired) electrons. The van der Waals surface area contributed by atoms with Gasteiger partial charge in [0, 0.05) is 0 Å². The first-order valence-electron chi connectivity index (χ1n) is 7.82. The molecular formula is C12F26O. The van der Waals surface area contributed by atoms with Crippen LogP contribution >= 0.6 is 0 Å². The minimum Gasteiger partial charge on any atom is -0.292 e. The highest BCUT2D eigenvalue weighted by Gasteiger charge is 3.00. The summed E-state index contributed by atoms with van der Waals surface area (Å²) in [6, 6.07) is 0. The fourth-order valence-corrected chi connectivity index (χ4v) is 2.31. The summed E-state index contributed by atoms with van der Waals surface area (Å²) in [5.41, 5.74) is -19.3. The first-order valence-corrected chi connectivity index (χ1v) is 7.82. The molecule has 0 N–H and O–H groups in total. The van der Waals surface area contributed by atoms with Crippen LogP contribution in [0.15, 0.2) is 0 Å². The first-order chi connectivity index (χ1) is 16.2. The normalized spacial score (nSPS) is 19.5. The van der Waals surface area contributed by atoms with Gasteiger partial charge in [0.1, 0.15) is 0 Å². The van der Waals surface area contributed by atoms with Gasteiger partial charge in [-0.1, -0.05) is 0 Å². The van der Waals surface area contributed by atoms with Crippen LogP contribution < -0.4 is 0 Å². The van der Waals surface area contributed by atoms with E-state index in [-0.39, 0.29) is 0 Å². The average Bonchev–Trinajstić information content (AvgIpc) is 2.60. The number of alkyl halides is 26. The summed E-state index contributed by atoms with van der Waals surface area (Å²) in [5, 5.41) is 0. The number of ether oxygens (including phenoxy) is 1. The molecule has 0 aromatic carbocycles. The van der Waals surface area contributed by atoms with E-state index in [1.165, 1.54) is 0 Å². The van der Waals surface area contributed by atoms with E-state index in [1.54, 1.807) is 0 Å². The molecule has 0 aliphatic heterocycles. The van der Waals surface area contributed by atoms with Crippen molar-refractivity contribution < 1.29 is 119 Å².